The van der Waals surface area contributed by atoms with Crippen LogP contribution < -0.4 is 4.90 Å². The highest BCUT2D eigenvalue weighted by molar-refractivity contribution is 6.14. The number of anilines is 1. The van der Waals surface area contributed by atoms with Crippen molar-refractivity contribution >= 4 is 17.7 Å². The maximum Gasteiger partial charge on any atom is 0.421 e. The number of nitrogens with zero attached hydrogens (tertiary/aromatic N) is 1. The number of ether oxygens (including phenoxy) is 1. The van der Waals surface area contributed by atoms with E-state index in [9.17, 15) is 9.59 Å². The molecule has 4 nitrogen and oxygen atoms in total. The lowest BCUT2D eigenvalue weighted by Gasteiger charge is -2.30. The number of benzene rings is 1. The lowest BCUT2D eigenvalue weighted by atomic mass is 9.94. The number of carbonyl (C=O) groups is 2. The maximum atomic E-state index is 12.5. The molecule has 0 aliphatic carbocycles. The van der Waals surface area contributed by atoms with Gasteiger partial charge in [-0.25, -0.2) is 9.69 Å². The van der Waals surface area contributed by atoms with Crippen molar-refractivity contribution in [1.82, 2.24) is 0 Å². The average molecular weight is 277 g/mol. The van der Waals surface area contributed by atoms with Gasteiger partial charge in [-0.15, -0.1) is 0 Å². The van der Waals surface area contributed by atoms with E-state index in [1.54, 1.807) is 65.8 Å². The van der Waals surface area contributed by atoms with Gasteiger partial charge >= 0.3 is 6.09 Å². The lowest BCUT2D eigenvalue weighted by molar-refractivity contribution is -0.125. The zero-order chi connectivity index (χ0) is 15.6. The Morgan fingerprint density at radius 1 is 0.950 bits per heavy atom. The molecule has 0 heterocycles. The van der Waals surface area contributed by atoms with Crippen LogP contribution in [-0.2, 0) is 9.53 Å². The molecular weight excluding hydrogens is 254 g/mol. The fourth-order valence-corrected chi connectivity index (χ4v) is 1.53. The molecule has 2 amide bonds. The van der Waals surface area contributed by atoms with Gasteiger partial charge in [0.05, 0.1) is 5.69 Å². The van der Waals surface area contributed by atoms with E-state index in [-0.39, 0.29) is 5.91 Å². The molecular formula is C16H23NO3. The van der Waals surface area contributed by atoms with Crippen LogP contribution in [0, 0.1) is 5.41 Å². The van der Waals surface area contributed by atoms with Crippen LogP contribution in [0.5, 0.6) is 0 Å². The first-order valence-electron chi connectivity index (χ1n) is 6.65. The fourth-order valence-electron chi connectivity index (χ4n) is 1.53. The molecule has 0 bridgehead atoms. The Hall–Kier alpha value is -1.84. The van der Waals surface area contributed by atoms with Gasteiger partial charge in [0.25, 0.3) is 0 Å². The molecule has 0 N–H and O–H groups in total. The molecule has 0 spiro atoms. The zero-order valence-electron chi connectivity index (χ0n) is 13.1. The van der Waals surface area contributed by atoms with Gasteiger partial charge in [0.15, 0.2) is 0 Å². The van der Waals surface area contributed by atoms with Crippen molar-refractivity contribution in [1.29, 1.82) is 0 Å². The van der Waals surface area contributed by atoms with Crippen LogP contribution in [0.25, 0.3) is 0 Å². The first-order chi connectivity index (χ1) is 9.02. The minimum absolute atomic E-state index is 0.294. The third kappa shape index (κ3) is 4.37. The molecule has 20 heavy (non-hydrogen) atoms. The summed E-state index contributed by atoms with van der Waals surface area (Å²) >= 11 is 0. The second kappa shape index (κ2) is 5.65. The molecule has 0 aliphatic heterocycles. The van der Waals surface area contributed by atoms with Crippen molar-refractivity contribution < 1.29 is 14.3 Å². The molecule has 0 fully saturated rings. The standard InChI is InChI=1S/C16H23NO3/c1-15(2,3)13(18)17(12-10-8-7-9-11-12)14(19)20-16(4,5)6/h7-11H,1-6H3. The molecule has 0 aliphatic rings. The normalized spacial score (nSPS) is 11.9. The number of hydrogen-bond acceptors (Lipinski definition) is 3. The van der Waals surface area contributed by atoms with Gasteiger partial charge in [0.1, 0.15) is 5.60 Å². The number of amides is 2. The number of rotatable bonds is 1. The SMILES string of the molecule is CC(C)(C)OC(=O)N(C(=O)C(C)(C)C)c1ccccc1. The van der Waals surface area contributed by atoms with E-state index in [2.05, 4.69) is 0 Å². The molecule has 1 aromatic carbocycles. The minimum atomic E-state index is -0.674. The summed E-state index contributed by atoms with van der Waals surface area (Å²) in [4.78, 5) is 26.0. The number of carbonyl (C=O) groups excluding carboxylic acids is 2. The minimum Gasteiger partial charge on any atom is -0.443 e. The van der Waals surface area contributed by atoms with E-state index in [1.807, 2.05) is 6.07 Å². The largest absolute Gasteiger partial charge is 0.443 e. The van der Waals surface area contributed by atoms with Crippen molar-refractivity contribution in [3.63, 3.8) is 0 Å². The van der Waals surface area contributed by atoms with Gasteiger partial charge in [0.2, 0.25) is 5.91 Å². The molecule has 1 rings (SSSR count). The first kappa shape index (κ1) is 16.2. The molecule has 0 atom stereocenters. The Bertz CT molecular complexity index is 481. The molecule has 110 valence electrons. The predicted octanol–water partition coefficient (Wildman–Crippen LogP) is 4.00. The number of imide groups is 1. The van der Waals surface area contributed by atoms with Crippen molar-refractivity contribution in [2.45, 2.75) is 47.1 Å². The summed E-state index contributed by atoms with van der Waals surface area (Å²) in [5.41, 5.74) is -0.809. The Morgan fingerprint density at radius 3 is 1.85 bits per heavy atom. The molecule has 0 radical (unpaired) electrons. The Labute approximate surface area is 120 Å². The summed E-state index contributed by atoms with van der Waals surface area (Å²) in [5.74, 6) is -0.294. The van der Waals surface area contributed by atoms with Crippen molar-refractivity contribution in [3.05, 3.63) is 30.3 Å². The summed E-state index contributed by atoms with van der Waals surface area (Å²) in [6.07, 6.45) is -0.649. The predicted molar refractivity (Wildman–Crippen MR) is 79.6 cm³/mol. The monoisotopic (exact) mass is 277 g/mol. The quantitative estimate of drug-likeness (QED) is 0.779. The van der Waals surface area contributed by atoms with Crippen LogP contribution in [0.1, 0.15) is 41.5 Å². The Morgan fingerprint density at radius 2 is 1.45 bits per heavy atom. The number of hydrogen-bond donors (Lipinski definition) is 0. The summed E-state index contributed by atoms with van der Waals surface area (Å²) in [6, 6.07) is 8.82. The van der Waals surface area contributed by atoms with Gasteiger partial charge in [-0.3, -0.25) is 4.79 Å². The maximum absolute atomic E-state index is 12.5. The van der Waals surface area contributed by atoms with Gasteiger partial charge < -0.3 is 4.74 Å². The lowest BCUT2D eigenvalue weighted by Crippen LogP contribution is -2.46. The topological polar surface area (TPSA) is 46.6 Å². The first-order valence-corrected chi connectivity index (χ1v) is 6.65. The highest BCUT2D eigenvalue weighted by atomic mass is 16.6. The van der Waals surface area contributed by atoms with Gasteiger partial charge in [-0.2, -0.15) is 0 Å². The molecule has 0 aromatic heterocycles. The van der Waals surface area contributed by atoms with Gasteiger partial charge in [-0.1, -0.05) is 39.0 Å². The molecule has 1 aromatic rings. The van der Waals surface area contributed by atoms with Crippen molar-refractivity contribution in [2.24, 2.45) is 5.41 Å². The van der Waals surface area contributed by atoms with Crippen LogP contribution in [0.15, 0.2) is 30.3 Å². The van der Waals surface area contributed by atoms with Crippen molar-refractivity contribution in [3.8, 4) is 0 Å². The summed E-state index contributed by atoms with van der Waals surface area (Å²) in [6.45, 7) is 10.6. The number of para-hydroxylation sites is 1. The van der Waals surface area contributed by atoms with Crippen LogP contribution in [0.2, 0.25) is 0 Å². The van der Waals surface area contributed by atoms with Crippen LogP contribution in [0.3, 0.4) is 0 Å². The molecule has 0 unspecified atom stereocenters. The highest BCUT2D eigenvalue weighted by Crippen LogP contribution is 2.25. The van der Waals surface area contributed by atoms with E-state index in [0.29, 0.717) is 5.69 Å². The third-order valence-electron chi connectivity index (χ3n) is 2.44. The van der Waals surface area contributed by atoms with Gasteiger partial charge in [-0.05, 0) is 32.9 Å². The Balaban J connectivity index is 3.16. The van der Waals surface area contributed by atoms with E-state index in [4.69, 9.17) is 4.74 Å². The van der Waals surface area contributed by atoms with E-state index in [0.717, 1.165) is 4.90 Å². The smallest absolute Gasteiger partial charge is 0.421 e. The summed E-state index contributed by atoms with van der Waals surface area (Å²) < 4.78 is 5.34. The molecule has 4 heteroatoms. The van der Waals surface area contributed by atoms with E-state index >= 15 is 0 Å². The van der Waals surface area contributed by atoms with Crippen molar-refractivity contribution in [2.75, 3.05) is 4.90 Å². The summed E-state index contributed by atoms with van der Waals surface area (Å²) in [5, 5.41) is 0. The third-order valence-corrected chi connectivity index (χ3v) is 2.44. The van der Waals surface area contributed by atoms with E-state index < -0.39 is 17.1 Å². The van der Waals surface area contributed by atoms with E-state index in [1.165, 1.54) is 0 Å². The fraction of sp³-hybridized carbons (Fsp3) is 0.500. The molecule has 0 saturated carbocycles. The van der Waals surface area contributed by atoms with Crippen LogP contribution >= 0.6 is 0 Å². The summed E-state index contributed by atoms with van der Waals surface area (Å²) in [7, 11) is 0. The highest BCUT2D eigenvalue weighted by Gasteiger charge is 2.35. The average Bonchev–Trinajstić information content (AvgIpc) is 2.26. The second-order valence-electron chi connectivity index (χ2n) is 6.71. The van der Waals surface area contributed by atoms with Gasteiger partial charge in [0, 0.05) is 5.41 Å². The van der Waals surface area contributed by atoms with Crippen LogP contribution in [-0.4, -0.2) is 17.6 Å². The Kier molecular flexibility index (Phi) is 4.58. The molecule has 0 saturated heterocycles. The zero-order valence-corrected chi connectivity index (χ0v) is 13.1. The second-order valence-corrected chi connectivity index (χ2v) is 6.71. The van der Waals surface area contributed by atoms with Crippen LogP contribution in [0.4, 0.5) is 10.5 Å².